The summed E-state index contributed by atoms with van der Waals surface area (Å²) in [5.41, 5.74) is 1.72. The van der Waals surface area contributed by atoms with E-state index in [1.165, 1.54) is 0 Å². The molecular formula is C16H20N4O2. The summed E-state index contributed by atoms with van der Waals surface area (Å²) in [5, 5.41) is 19.8. The molecule has 0 spiro atoms. The van der Waals surface area contributed by atoms with Gasteiger partial charge in [0.05, 0.1) is 12.3 Å². The molecule has 22 heavy (non-hydrogen) atoms. The number of hydrogen-bond acceptors (Lipinski definition) is 4. The fraction of sp³-hybridized carbons (Fsp3) is 0.312. The van der Waals surface area contributed by atoms with Gasteiger partial charge in [0.1, 0.15) is 0 Å². The van der Waals surface area contributed by atoms with Crippen molar-refractivity contribution in [3.63, 3.8) is 0 Å². The monoisotopic (exact) mass is 300 g/mol. The van der Waals surface area contributed by atoms with Gasteiger partial charge in [-0.15, -0.1) is 10.2 Å². The summed E-state index contributed by atoms with van der Waals surface area (Å²) < 4.78 is 0. The zero-order chi connectivity index (χ0) is 15.8. The highest BCUT2D eigenvalue weighted by Crippen LogP contribution is 2.16. The topological polar surface area (TPSA) is 78.4 Å². The van der Waals surface area contributed by atoms with Gasteiger partial charge in [0.2, 0.25) is 0 Å². The number of hydrogen-bond donors (Lipinski definition) is 2. The van der Waals surface area contributed by atoms with Crippen LogP contribution in [-0.2, 0) is 0 Å². The lowest BCUT2D eigenvalue weighted by atomic mass is 10.1. The molecule has 0 aliphatic rings. The summed E-state index contributed by atoms with van der Waals surface area (Å²) in [6.07, 6.45) is 0.825. The minimum Gasteiger partial charge on any atom is -0.395 e. The first-order valence-corrected chi connectivity index (χ1v) is 7.30. The van der Waals surface area contributed by atoms with Crippen LogP contribution in [0.5, 0.6) is 0 Å². The number of aromatic nitrogens is 2. The highest BCUT2D eigenvalue weighted by atomic mass is 16.3. The van der Waals surface area contributed by atoms with Gasteiger partial charge in [-0.2, -0.15) is 0 Å². The Morgan fingerprint density at radius 3 is 2.50 bits per heavy atom. The molecule has 6 nitrogen and oxygen atoms in total. The Labute approximate surface area is 129 Å². The molecule has 0 aliphatic heterocycles. The summed E-state index contributed by atoms with van der Waals surface area (Å²) in [6.45, 7) is 2.80. The van der Waals surface area contributed by atoms with Crippen LogP contribution >= 0.6 is 0 Å². The highest BCUT2D eigenvalue weighted by Gasteiger charge is 2.12. The second-order valence-electron chi connectivity index (χ2n) is 4.81. The number of aliphatic hydroxyl groups excluding tert-OH is 1. The largest absolute Gasteiger partial charge is 0.395 e. The third-order valence-corrected chi connectivity index (χ3v) is 3.12. The average molecular weight is 300 g/mol. The molecule has 0 saturated carbocycles. The third-order valence-electron chi connectivity index (χ3n) is 3.12. The van der Waals surface area contributed by atoms with Crippen molar-refractivity contribution in [3.8, 4) is 11.3 Å². The van der Waals surface area contributed by atoms with Crippen molar-refractivity contribution in [2.45, 2.75) is 13.3 Å². The molecule has 1 heterocycles. The molecular weight excluding hydrogens is 280 g/mol. The lowest BCUT2D eigenvalue weighted by Crippen LogP contribution is -2.37. The number of nitrogens with one attached hydrogen (secondary N) is 1. The van der Waals surface area contributed by atoms with Crippen LogP contribution in [0.3, 0.4) is 0 Å². The first-order chi connectivity index (χ1) is 10.7. The quantitative estimate of drug-likeness (QED) is 0.858. The van der Waals surface area contributed by atoms with Gasteiger partial charge in [-0.1, -0.05) is 37.3 Å². The zero-order valence-electron chi connectivity index (χ0n) is 12.6. The van der Waals surface area contributed by atoms with Gasteiger partial charge in [-0.3, -0.25) is 5.32 Å². The van der Waals surface area contributed by atoms with E-state index in [1.54, 1.807) is 11.0 Å². The van der Waals surface area contributed by atoms with Gasteiger partial charge in [0, 0.05) is 18.7 Å². The van der Waals surface area contributed by atoms with E-state index >= 15 is 0 Å². The Morgan fingerprint density at radius 1 is 1.14 bits per heavy atom. The van der Waals surface area contributed by atoms with Crippen LogP contribution < -0.4 is 5.32 Å². The van der Waals surface area contributed by atoms with Gasteiger partial charge < -0.3 is 10.0 Å². The molecule has 0 fully saturated rings. The van der Waals surface area contributed by atoms with Crippen molar-refractivity contribution >= 4 is 11.8 Å². The van der Waals surface area contributed by atoms with Crippen molar-refractivity contribution in [2.75, 3.05) is 25.0 Å². The van der Waals surface area contributed by atoms with E-state index in [-0.39, 0.29) is 12.6 Å². The molecule has 2 rings (SSSR count). The lowest BCUT2D eigenvalue weighted by Gasteiger charge is -2.20. The van der Waals surface area contributed by atoms with E-state index in [1.807, 2.05) is 43.3 Å². The molecule has 2 aromatic rings. The first-order valence-electron chi connectivity index (χ1n) is 7.30. The van der Waals surface area contributed by atoms with Crippen LogP contribution in [0.2, 0.25) is 0 Å². The van der Waals surface area contributed by atoms with Gasteiger partial charge in [-0.05, 0) is 18.6 Å². The lowest BCUT2D eigenvalue weighted by molar-refractivity contribution is 0.188. The fourth-order valence-electron chi connectivity index (χ4n) is 2.06. The van der Waals surface area contributed by atoms with E-state index in [2.05, 4.69) is 15.5 Å². The Morgan fingerprint density at radius 2 is 1.91 bits per heavy atom. The molecule has 0 atom stereocenters. The molecule has 0 aliphatic carbocycles. The van der Waals surface area contributed by atoms with E-state index in [4.69, 9.17) is 5.11 Å². The molecule has 0 saturated heterocycles. The smallest absolute Gasteiger partial charge is 0.323 e. The second kappa shape index (κ2) is 8.09. The van der Waals surface area contributed by atoms with E-state index < -0.39 is 0 Å². The van der Waals surface area contributed by atoms with Crippen molar-refractivity contribution in [1.82, 2.24) is 15.1 Å². The Balaban J connectivity index is 2.03. The maximum atomic E-state index is 12.1. The van der Waals surface area contributed by atoms with Crippen LogP contribution in [0, 0.1) is 0 Å². The second-order valence-corrected chi connectivity index (χ2v) is 4.81. The molecule has 2 amide bonds. The molecule has 0 bridgehead atoms. The van der Waals surface area contributed by atoms with E-state index in [0.717, 1.165) is 17.7 Å². The zero-order valence-corrected chi connectivity index (χ0v) is 12.6. The normalized spacial score (nSPS) is 10.3. The maximum absolute atomic E-state index is 12.1. The Kier molecular flexibility index (Phi) is 5.85. The Bertz CT molecular complexity index is 581. The standard InChI is InChI=1S/C16H20N4O2/c1-2-10-20(11-12-21)16(22)17-15-9-8-14(18-19-15)13-6-4-3-5-7-13/h3-9,21H,2,10-12H2,1H3,(H,17,19,22). The van der Waals surface area contributed by atoms with Crippen LogP contribution in [0.15, 0.2) is 42.5 Å². The SMILES string of the molecule is CCCN(CCO)C(=O)Nc1ccc(-c2ccccc2)nn1. The number of anilines is 1. The van der Waals surface area contributed by atoms with E-state index in [9.17, 15) is 4.79 Å². The summed E-state index contributed by atoms with van der Waals surface area (Å²) in [7, 11) is 0. The Hall–Kier alpha value is -2.47. The number of carbonyl (C=O) groups is 1. The van der Waals surface area contributed by atoms with Gasteiger partial charge in [-0.25, -0.2) is 4.79 Å². The number of urea groups is 1. The van der Waals surface area contributed by atoms with Crippen molar-refractivity contribution < 1.29 is 9.90 Å². The predicted octanol–water partition coefficient (Wildman–Crippen LogP) is 2.38. The summed E-state index contributed by atoms with van der Waals surface area (Å²) in [4.78, 5) is 13.6. The highest BCUT2D eigenvalue weighted by molar-refractivity contribution is 5.88. The number of carbonyl (C=O) groups excluding carboxylic acids is 1. The number of benzene rings is 1. The summed E-state index contributed by atoms with van der Waals surface area (Å²) >= 11 is 0. The van der Waals surface area contributed by atoms with Gasteiger partial charge >= 0.3 is 6.03 Å². The first kappa shape index (κ1) is 15.9. The van der Waals surface area contributed by atoms with Crippen LogP contribution in [0.4, 0.5) is 10.6 Å². The molecule has 6 heteroatoms. The van der Waals surface area contributed by atoms with E-state index in [0.29, 0.717) is 18.9 Å². The number of amides is 2. The van der Waals surface area contributed by atoms with Gasteiger partial charge in [0.25, 0.3) is 0 Å². The number of nitrogens with zero attached hydrogens (tertiary/aromatic N) is 3. The van der Waals surface area contributed by atoms with Crippen LogP contribution in [0.1, 0.15) is 13.3 Å². The molecule has 116 valence electrons. The molecule has 1 aromatic heterocycles. The third kappa shape index (κ3) is 4.26. The minimum atomic E-state index is -0.280. The van der Waals surface area contributed by atoms with Crippen molar-refractivity contribution in [1.29, 1.82) is 0 Å². The maximum Gasteiger partial charge on any atom is 0.323 e. The van der Waals surface area contributed by atoms with Crippen molar-refractivity contribution in [2.24, 2.45) is 0 Å². The van der Waals surface area contributed by atoms with Crippen LogP contribution in [-0.4, -0.2) is 45.9 Å². The molecule has 1 aromatic carbocycles. The minimum absolute atomic E-state index is 0.0634. The van der Waals surface area contributed by atoms with Crippen LogP contribution in [0.25, 0.3) is 11.3 Å². The van der Waals surface area contributed by atoms with Crippen molar-refractivity contribution in [3.05, 3.63) is 42.5 Å². The van der Waals surface area contributed by atoms with Gasteiger partial charge in [0.15, 0.2) is 5.82 Å². The molecule has 0 unspecified atom stereocenters. The summed E-state index contributed by atoms with van der Waals surface area (Å²) in [6, 6.07) is 13.0. The molecule has 2 N–H and O–H groups in total. The summed E-state index contributed by atoms with van der Waals surface area (Å²) in [5.74, 6) is 0.392. The predicted molar refractivity (Wildman–Crippen MR) is 85.4 cm³/mol. The number of rotatable bonds is 6. The number of aliphatic hydroxyl groups is 1. The molecule has 0 radical (unpaired) electrons. The average Bonchev–Trinajstić information content (AvgIpc) is 2.56. The fourth-order valence-corrected chi connectivity index (χ4v) is 2.06.